The van der Waals surface area contributed by atoms with Crippen LogP contribution in [0.25, 0.3) is 11.0 Å². The van der Waals surface area contributed by atoms with E-state index >= 15 is 0 Å². The summed E-state index contributed by atoms with van der Waals surface area (Å²) in [6.07, 6.45) is -1.89. The van der Waals surface area contributed by atoms with Crippen LogP contribution in [0.5, 0.6) is 0 Å². The molecule has 0 aliphatic rings. The monoisotopic (exact) mass is 284 g/mol. The maximum atomic E-state index is 12.4. The fourth-order valence-corrected chi connectivity index (χ4v) is 2.09. The van der Waals surface area contributed by atoms with Crippen LogP contribution in [0, 0.1) is 0 Å². The Morgan fingerprint density at radius 1 is 1.35 bits per heavy atom. The maximum Gasteiger partial charge on any atom is 0.251 e. The van der Waals surface area contributed by atoms with Crippen LogP contribution in [0.3, 0.4) is 0 Å². The highest BCUT2D eigenvalue weighted by Crippen LogP contribution is 2.15. The first-order valence-electron chi connectivity index (χ1n) is 6.44. The van der Waals surface area contributed by atoms with E-state index in [0.717, 1.165) is 16.9 Å². The first-order valence-corrected chi connectivity index (χ1v) is 6.44. The number of fused-ring (bicyclic) bond motifs is 1. The molecule has 0 fully saturated rings. The van der Waals surface area contributed by atoms with Crippen LogP contribution in [0.4, 0.5) is 14.5 Å². The summed E-state index contributed by atoms with van der Waals surface area (Å²) in [4.78, 5) is 9.02. The van der Waals surface area contributed by atoms with Gasteiger partial charge in [-0.25, -0.2) is 13.8 Å². The zero-order chi connectivity index (χ0) is 14.5. The van der Waals surface area contributed by atoms with Crippen LogP contribution in [-0.4, -0.2) is 52.6 Å². The van der Waals surface area contributed by atoms with Crippen LogP contribution < -0.4 is 5.73 Å². The fourth-order valence-electron chi connectivity index (χ4n) is 2.09. The number of halogens is 2. The van der Waals surface area contributed by atoms with Gasteiger partial charge in [0.15, 0.2) is 0 Å². The quantitative estimate of drug-likeness (QED) is 0.669. The molecule has 0 saturated heterocycles. The van der Waals surface area contributed by atoms with Crippen molar-refractivity contribution in [2.24, 2.45) is 0 Å². The first kappa shape index (κ1) is 14.7. The Morgan fingerprint density at radius 2 is 2.15 bits per heavy atom. The molecule has 2 rings (SSSR count). The normalized spacial score (nSPS) is 11.8. The van der Waals surface area contributed by atoms with E-state index in [0.29, 0.717) is 18.7 Å². The highest BCUT2D eigenvalue weighted by molar-refractivity contribution is 5.78. The van der Waals surface area contributed by atoms with E-state index in [4.69, 9.17) is 10.8 Å². The number of aliphatic hydroxyl groups excluding tert-OH is 1. The lowest BCUT2D eigenvalue weighted by Gasteiger charge is -2.19. The van der Waals surface area contributed by atoms with Crippen molar-refractivity contribution in [3.63, 3.8) is 0 Å². The molecule has 0 saturated carbocycles. The molecule has 0 aliphatic heterocycles. The van der Waals surface area contributed by atoms with Gasteiger partial charge in [0.05, 0.1) is 24.2 Å². The Labute approximate surface area is 115 Å². The summed E-state index contributed by atoms with van der Waals surface area (Å²) >= 11 is 0. The molecule has 7 heteroatoms. The lowest BCUT2D eigenvalue weighted by atomic mass is 10.3. The Kier molecular flexibility index (Phi) is 4.86. The van der Waals surface area contributed by atoms with Crippen molar-refractivity contribution in [2.45, 2.75) is 12.8 Å². The van der Waals surface area contributed by atoms with Gasteiger partial charge in [-0.3, -0.25) is 4.90 Å². The van der Waals surface area contributed by atoms with Gasteiger partial charge in [0, 0.05) is 25.2 Å². The minimum atomic E-state index is -2.41. The molecular formula is C13H18F2N4O. The molecule has 0 amide bonds. The van der Waals surface area contributed by atoms with Gasteiger partial charge < -0.3 is 15.8 Å². The van der Waals surface area contributed by atoms with Crippen LogP contribution >= 0.6 is 0 Å². The van der Waals surface area contributed by atoms with Crippen molar-refractivity contribution in [1.82, 2.24) is 14.9 Å². The second kappa shape index (κ2) is 6.62. The second-order valence-corrected chi connectivity index (χ2v) is 4.63. The molecule has 5 nitrogen and oxygen atoms in total. The van der Waals surface area contributed by atoms with Crippen molar-refractivity contribution >= 4 is 16.7 Å². The number of H-pyrrole nitrogens is 1. The van der Waals surface area contributed by atoms with Gasteiger partial charge in [0.25, 0.3) is 6.43 Å². The number of hydrogen-bond donors (Lipinski definition) is 3. The van der Waals surface area contributed by atoms with Crippen LogP contribution in [0.2, 0.25) is 0 Å². The summed E-state index contributed by atoms with van der Waals surface area (Å²) in [6.45, 7) is 0.175. The summed E-state index contributed by atoms with van der Waals surface area (Å²) in [5.41, 5.74) is 7.97. The molecular weight excluding hydrogens is 266 g/mol. The standard InChI is InChI=1S/C13H18F2N4O/c14-12(15)8-19(5-6-20)4-3-13-17-10-2-1-9(16)7-11(10)18-13/h1-2,7,12,20H,3-6,8,16H2,(H,17,18). The summed E-state index contributed by atoms with van der Waals surface area (Å²) in [7, 11) is 0. The van der Waals surface area contributed by atoms with Crippen molar-refractivity contribution in [3.05, 3.63) is 24.0 Å². The Balaban J connectivity index is 1.99. The van der Waals surface area contributed by atoms with Crippen molar-refractivity contribution in [2.75, 3.05) is 32.0 Å². The Hall–Kier alpha value is -1.73. The van der Waals surface area contributed by atoms with Gasteiger partial charge in [-0.2, -0.15) is 0 Å². The fraction of sp³-hybridized carbons (Fsp3) is 0.462. The van der Waals surface area contributed by atoms with Gasteiger partial charge in [0.1, 0.15) is 5.82 Å². The third-order valence-electron chi connectivity index (χ3n) is 3.03. The molecule has 0 atom stereocenters. The van der Waals surface area contributed by atoms with E-state index in [2.05, 4.69) is 9.97 Å². The number of nitrogen functional groups attached to an aromatic ring is 1. The predicted molar refractivity (Wildman–Crippen MR) is 73.7 cm³/mol. The summed E-state index contributed by atoms with van der Waals surface area (Å²) in [5, 5.41) is 8.87. The average molecular weight is 284 g/mol. The Morgan fingerprint density at radius 3 is 2.85 bits per heavy atom. The molecule has 0 bridgehead atoms. The SMILES string of the molecule is Nc1ccc2nc(CCN(CCO)CC(F)F)[nH]c2c1. The molecule has 20 heavy (non-hydrogen) atoms. The van der Waals surface area contributed by atoms with E-state index in [1.807, 2.05) is 6.07 Å². The van der Waals surface area contributed by atoms with E-state index < -0.39 is 6.43 Å². The lowest BCUT2D eigenvalue weighted by Crippen LogP contribution is -2.33. The number of nitrogens with two attached hydrogens (primary N) is 1. The summed E-state index contributed by atoms with van der Waals surface area (Å²) in [6, 6.07) is 5.37. The number of benzene rings is 1. The number of aromatic amines is 1. The lowest BCUT2D eigenvalue weighted by molar-refractivity contribution is 0.0787. The summed E-state index contributed by atoms with van der Waals surface area (Å²) < 4.78 is 24.8. The van der Waals surface area contributed by atoms with Gasteiger partial charge >= 0.3 is 0 Å². The van der Waals surface area contributed by atoms with Gasteiger partial charge in [-0.15, -0.1) is 0 Å². The third kappa shape index (κ3) is 3.88. The number of hydrogen-bond acceptors (Lipinski definition) is 4. The molecule has 2 aromatic rings. The topological polar surface area (TPSA) is 78.2 Å². The van der Waals surface area contributed by atoms with Gasteiger partial charge in [0.2, 0.25) is 0 Å². The molecule has 1 aromatic heterocycles. The molecule has 0 radical (unpaired) electrons. The molecule has 1 heterocycles. The number of nitrogens with zero attached hydrogens (tertiary/aromatic N) is 2. The zero-order valence-electron chi connectivity index (χ0n) is 11.0. The van der Waals surface area contributed by atoms with Crippen molar-refractivity contribution in [3.8, 4) is 0 Å². The van der Waals surface area contributed by atoms with E-state index in [1.165, 1.54) is 4.90 Å². The minimum absolute atomic E-state index is 0.136. The molecule has 4 N–H and O–H groups in total. The van der Waals surface area contributed by atoms with Crippen molar-refractivity contribution < 1.29 is 13.9 Å². The van der Waals surface area contributed by atoms with Crippen molar-refractivity contribution in [1.29, 1.82) is 0 Å². The number of nitrogens with one attached hydrogen (secondary N) is 1. The Bertz CT molecular complexity index is 558. The molecule has 0 aliphatic carbocycles. The molecule has 0 unspecified atom stereocenters. The van der Waals surface area contributed by atoms with E-state index in [-0.39, 0.29) is 19.7 Å². The van der Waals surface area contributed by atoms with Crippen LogP contribution in [-0.2, 0) is 6.42 Å². The largest absolute Gasteiger partial charge is 0.399 e. The molecule has 110 valence electrons. The van der Waals surface area contributed by atoms with Crippen LogP contribution in [0.1, 0.15) is 5.82 Å². The smallest absolute Gasteiger partial charge is 0.251 e. The van der Waals surface area contributed by atoms with Gasteiger partial charge in [-0.1, -0.05) is 0 Å². The predicted octanol–water partition coefficient (Wildman–Crippen LogP) is 1.25. The number of anilines is 1. The number of rotatable bonds is 7. The molecule has 1 aromatic carbocycles. The summed E-state index contributed by atoms with van der Waals surface area (Å²) in [5.74, 6) is 0.725. The second-order valence-electron chi connectivity index (χ2n) is 4.63. The minimum Gasteiger partial charge on any atom is -0.399 e. The van der Waals surface area contributed by atoms with Gasteiger partial charge in [-0.05, 0) is 18.2 Å². The van der Waals surface area contributed by atoms with E-state index in [1.54, 1.807) is 12.1 Å². The average Bonchev–Trinajstić information content (AvgIpc) is 2.77. The highest BCUT2D eigenvalue weighted by Gasteiger charge is 2.12. The highest BCUT2D eigenvalue weighted by atomic mass is 19.3. The zero-order valence-corrected chi connectivity index (χ0v) is 11.0. The third-order valence-corrected chi connectivity index (χ3v) is 3.03. The van der Waals surface area contributed by atoms with E-state index in [9.17, 15) is 8.78 Å². The molecule has 0 spiro atoms. The first-order chi connectivity index (χ1) is 9.58. The maximum absolute atomic E-state index is 12.4. The number of alkyl halides is 2. The number of aliphatic hydroxyl groups is 1. The number of imidazole rings is 1. The number of aromatic nitrogens is 2. The van der Waals surface area contributed by atoms with Crippen LogP contribution in [0.15, 0.2) is 18.2 Å².